The van der Waals surface area contributed by atoms with Crippen LogP contribution in [0.25, 0.3) is 11.5 Å². The van der Waals surface area contributed by atoms with Crippen LogP contribution in [-0.4, -0.2) is 4.98 Å². The van der Waals surface area contributed by atoms with E-state index in [-0.39, 0.29) is 5.41 Å². The Morgan fingerprint density at radius 3 is 2.25 bits per heavy atom. The first-order valence-electron chi connectivity index (χ1n) is 5.19. The van der Waals surface area contributed by atoms with Crippen LogP contribution in [0.1, 0.15) is 26.5 Å². The van der Waals surface area contributed by atoms with Crippen molar-refractivity contribution in [3.63, 3.8) is 0 Å². The molecule has 1 aromatic heterocycles. The van der Waals surface area contributed by atoms with Crippen molar-refractivity contribution in [3.05, 3.63) is 41.2 Å². The molecule has 1 heterocycles. The van der Waals surface area contributed by atoms with Gasteiger partial charge in [-0.25, -0.2) is 4.98 Å². The predicted octanol–water partition coefficient (Wildman–Crippen LogP) is 4.29. The largest absolute Gasteiger partial charge is 0.441 e. The van der Waals surface area contributed by atoms with E-state index in [2.05, 4.69) is 25.8 Å². The van der Waals surface area contributed by atoms with E-state index in [0.29, 0.717) is 10.9 Å². The topological polar surface area (TPSA) is 26.0 Å². The smallest absolute Gasteiger partial charge is 0.226 e. The Hall–Kier alpha value is -1.28. The Kier molecular flexibility index (Phi) is 2.76. The van der Waals surface area contributed by atoms with Gasteiger partial charge in [0.1, 0.15) is 5.76 Å². The van der Waals surface area contributed by atoms with Crippen molar-refractivity contribution in [1.82, 2.24) is 4.98 Å². The third kappa shape index (κ3) is 2.27. The fourth-order valence-corrected chi connectivity index (χ4v) is 1.47. The van der Waals surface area contributed by atoms with Crippen LogP contribution < -0.4 is 0 Å². The van der Waals surface area contributed by atoms with Gasteiger partial charge in [-0.2, -0.15) is 0 Å². The van der Waals surface area contributed by atoms with Gasteiger partial charge in [-0.1, -0.05) is 32.4 Å². The number of rotatable bonds is 1. The normalized spacial score (nSPS) is 11.8. The van der Waals surface area contributed by atoms with Crippen molar-refractivity contribution >= 4 is 11.6 Å². The monoisotopic (exact) mass is 235 g/mol. The van der Waals surface area contributed by atoms with Gasteiger partial charge in [-0.05, 0) is 24.3 Å². The Labute approximate surface area is 100 Å². The van der Waals surface area contributed by atoms with Gasteiger partial charge in [0.15, 0.2) is 0 Å². The molecule has 1 aromatic carbocycles. The van der Waals surface area contributed by atoms with Crippen LogP contribution in [0.15, 0.2) is 34.9 Å². The number of nitrogens with zero attached hydrogens (tertiary/aromatic N) is 1. The molecule has 0 aliphatic rings. The van der Waals surface area contributed by atoms with Crippen molar-refractivity contribution in [2.45, 2.75) is 26.2 Å². The van der Waals surface area contributed by atoms with Crippen molar-refractivity contribution < 1.29 is 4.42 Å². The maximum Gasteiger partial charge on any atom is 0.226 e. The third-order valence-corrected chi connectivity index (χ3v) is 2.59. The zero-order chi connectivity index (χ0) is 11.8. The molecule has 0 aliphatic heterocycles. The van der Waals surface area contributed by atoms with Crippen molar-refractivity contribution in [1.29, 1.82) is 0 Å². The maximum atomic E-state index is 5.83. The highest BCUT2D eigenvalue weighted by Crippen LogP contribution is 2.27. The number of oxazole rings is 1. The molecule has 16 heavy (non-hydrogen) atoms. The standard InChI is InChI=1S/C13H14ClNO/c1-13(2,3)11-8-15-12(16-11)9-4-6-10(14)7-5-9/h4-8H,1-3H3. The number of halogens is 1. The number of hydrogen-bond acceptors (Lipinski definition) is 2. The molecule has 0 radical (unpaired) electrons. The van der Waals surface area contributed by atoms with Crippen LogP contribution in [0.2, 0.25) is 5.02 Å². The highest BCUT2D eigenvalue weighted by atomic mass is 35.5. The van der Waals surface area contributed by atoms with E-state index in [1.165, 1.54) is 0 Å². The predicted molar refractivity (Wildman–Crippen MR) is 65.6 cm³/mol. The molecule has 0 saturated heterocycles. The lowest BCUT2D eigenvalue weighted by Gasteiger charge is -2.13. The van der Waals surface area contributed by atoms with Crippen LogP contribution in [0.4, 0.5) is 0 Å². The van der Waals surface area contributed by atoms with Gasteiger partial charge in [-0.15, -0.1) is 0 Å². The molecule has 0 atom stereocenters. The van der Waals surface area contributed by atoms with Crippen LogP contribution in [0.3, 0.4) is 0 Å². The summed E-state index contributed by atoms with van der Waals surface area (Å²) in [5, 5.41) is 0.714. The van der Waals surface area contributed by atoms with Gasteiger partial charge in [0.25, 0.3) is 0 Å². The summed E-state index contributed by atoms with van der Waals surface area (Å²) in [7, 11) is 0. The van der Waals surface area contributed by atoms with Crippen LogP contribution in [0, 0.1) is 0 Å². The van der Waals surface area contributed by atoms with Gasteiger partial charge in [0.2, 0.25) is 5.89 Å². The highest BCUT2D eigenvalue weighted by molar-refractivity contribution is 6.30. The molecule has 0 aliphatic carbocycles. The fourth-order valence-electron chi connectivity index (χ4n) is 1.35. The zero-order valence-corrected chi connectivity index (χ0v) is 10.4. The molecule has 3 heteroatoms. The number of hydrogen-bond donors (Lipinski definition) is 0. The van der Waals surface area contributed by atoms with Crippen molar-refractivity contribution in [2.75, 3.05) is 0 Å². The number of aromatic nitrogens is 1. The van der Waals surface area contributed by atoms with E-state index in [4.69, 9.17) is 16.0 Å². The maximum absolute atomic E-state index is 5.83. The Morgan fingerprint density at radius 1 is 1.12 bits per heavy atom. The molecule has 2 nitrogen and oxygen atoms in total. The lowest BCUT2D eigenvalue weighted by atomic mass is 9.94. The summed E-state index contributed by atoms with van der Waals surface area (Å²) in [6.45, 7) is 6.29. The van der Waals surface area contributed by atoms with E-state index in [0.717, 1.165) is 11.3 Å². The molecular weight excluding hydrogens is 222 g/mol. The molecule has 0 fully saturated rings. The molecule has 0 N–H and O–H groups in total. The third-order valence-electron chi connectivity index (χ3n) is 2.34. The Bertz CT molecular complexity index is 479. The molecule has 0 amide bonds. The average molecular weight is 236 g/mol. The quantitative estimate of drug-likeness (QED) is 0.737. The second-order valence-corrected chi connectivity index (χ2v) is 5.22. The lowest BCUT2D eigenvalue weighted by molar-refractivity contribution is 0.416. The Morgan fingerprint density at radius 2 is 1.75 bits per heavy atom. The summed E-state index contributed by atoms with van der Waals surface area (Å²) in [6.07, 6.45) is 1.78. The van der Waals surface area contributed by atoms with E-state index in [9.17, 15) is 0 Å². The highest BCUT2D eigenvalue weighted by Gasteiger charge is 2.19. The molecule has 0 bridgehead atoms. The SMILES string of the molecule is CC(C)(C)c1cnc(-c2ccc(Cl)cc2)o1. The van der Waals surface area contributed by atoms with E-state index in [1.807, 2.05) is 24.3 Å². The minimum Gasteiger partial charge on any atom is -0.441 e. The molecule has 2 aromatic rings. The van der Waals surface area contributed by atoms with Gasteiger partial charge in [-0.3, -0.25) is 0 Å². The first-order valence-corrected chi connectivity index (χ1v) is 5.57. The van der Waals surface area contributed by atoms with Gasteiger partial charge in [0, 0.05) is 16.0 Å². The summed E-state index contributed by atoms with van der Waals surface area (Å²) >= 11 is 5.83. The van der Waals surface area contributed by atoms with Gasteiger partial charge in [0.05, 0.1) is 6.20 Å². The minimum atomic E-state index is -0.0162. The summed E-state index contributed by atoms with van der Waals surface area (Å²) in [4.78, 5) is 4.27. The Balaban J connectivity index is 2.35. The van der Waals surface area contributed by atoms with Crippen molar-refractivity contribution in [3.8, 4) is 11.5 Å². The molecule has 0 spiro atoms. The summed E-state index contributed by atoms with van der Waals surface area (Å²) in [5.41, 5.74) is 0.928. The van der Waals surface area contributed by atoms with Crippen LogP contribution in [-0.2, 0) is 5.41 Å². The second-order valence-electron chi connectivity index (χ2n) is 4.79. The summed E-state index contributed by atoms with van der Waals surface area (Å²) < 4.78 is 5.72. The van der Waals surface area contributed by atoms with Crippen molar-refractivity contribution in [2.24, 2.45) is 0 Å². The average Bonchev–Trinajstić information content (AvgIpc) is 2.67. The van der Waals surface area contributed by atoms with Crippen LogP contribution >= 0.6 is 11.6 Å². The lowest BCUT2D eigenvalue weighted by Crippen LogP contribution is -2.09. The van der Waals surface area contributed by atoms with Crippen LogP contribution in [0.5, 0.6) is 0 Å². The zero-order valence-electron chi connectivity index (χ0n) is 9.62. The van der Waals surface area contributed by atoms with Gasteiger partial charge < -0.3 is 4.42 Å². The summed E-state index contributed by atoms with van der Waals surface area (Å²) in [6, 6.07) is 7.47. The molecule has 84 valence electrons. The first kappa shape index (κ1) is 11.2. The van der Waals surface area contributed by atoms with E-state index >= 15 is 0 Å². The molecular formula is C13H14ClNO. The second kappa shape index (κ2) is 3.95. The molecule has 0 unspecified atom stereocenters. The van der Waals surface area contributed by atoms with E-state index < -0.39 is 0 Å². The summed E-state index contributed by atoms with van der Waals surface area (Å²) in [5.74, 6) is 1.53. The minimum absolute atomic E-state index is 0.0162. The first-order chi connectivity index (χ1) is 7.47. The molecule has 0 saturated carbocycles. The van der Waals surface area contributed by atoms with E-state index in [1.54, 1.807) is 6.20 Å². The fraction of sp³-hybridized carbons (Fsp3) is 0.308. The molecule has 2 rings (SSSR count). The van der Waals surface area contributed by atoms with Gasteiger partial charge >= 0.3 is 0 Å². The number of benzene rings is 1.